The van der Waals surface area contributed by atoms with Crippen molar-refractivity contribution in [3.05, 3.63) is 0 Å². The van der Waals surface area contributed by atoms with Crippen LogP contribution < -0.4 is 11.1 Å². The van der Waals surface area contributed by atoms with Crippen LogP contribution in [0.3, 0.4) is 0 Å². The molecular formula is C11H19N3O3. The molecule has 96 valence electrons. The molecule has 0 aromatic rings. The van der Waals surface area contributed by atoms with Crippen molar-refractivity contribution in [3.8, 4) is 0 Å². The standard InChI is InChI=1S/C11H19N3O3/c1-11(2,3)8(12)9(16)13-6-5-7(15)14(4)10(6)17/h6,8H,5,12H2,1-4H3,(H,13,16)/t6?,8-/m0/s1. The zero-order valence-corrected chi connectivity index (χ0v) is 10.6. The summed E-state index contributed by atoms with van der Waals surface area (Å²) in [7, 11) is 1.40. The van der Waals surface area contributed by atoms with E-state index in [1.54, 1.807) is 0 Å². The minimum absolute atomic E-state index is 0.0118. The fourth-order valence-corrected chi connectivity index (χ4v) is 1.52. The summed E-state index contributed by atoms with van der Waals surface area (Å²) in [4.78, 5) is 35.6. The first kappa shape index (κ1) is 13.6. The number of hydrogen-bond donors (Lipinski definition) is 2. The first-order valence-corrected chi connectivity index (χ1v) is 5.51. The fourth-order valence-electron chi connectivity index (χ4n) is 1.52. The van der Waals surface area contributed by atoms with Crippen LogP contribution >= 0.6 is 0 Å². The van der Waals surface area contributed by atoms with Gasteiger partial charge in [0.1, 0.15) is 6.04 Å². The van der Waals surface area contributed by atoms with Gasteiger partial charge in [-0.1, -0.05) is 20.8 Å². The molecule has 1 unspecified atom stereocenters. The van der Waals surface area contributed by atoms with Gasteiger partial charge in [-0.15, -0.1) is 0 Å². The van der Waals surface area contributed by atoms with Crippen molar-refractivity contribution in [2.75, 3.05) is 7.05 Å². The van der Waals surface area contributed by atoms with Crippen LogP contribution in [0.25, 0.3) is 0 Å². The van der Waals surface area contributed by atoms with Gasteiger partial charge in [-0.3, -0.25) is 19.3 Å². The van der Waals surface area contributed by atoms with E-state index in [4.69, 9.17) is 5.73 Å². The Balaban J connectivity index is 2.65. The number of rotatable bonds is 2. The molecule has 0 aromatic carbocycles. The van der Waals surface area contributed by atoms with Gasteiger partial charge in [0.2, 0.25) is 11.8 Å². The third-order valence-corrected chi connectivity index (χ3v) is 2.91. The number of nitrogens with one attached hydrogen (secondary N) is 1. The van der Waals surface area contributed by atoms with Crippen LogP contribution in [0.15, 0.2) is 0 Å². The molecule has 1 heterocycles. The van der Waals surface area contributed by atoms with Crippen LogP contribution in [0.4, 0.5) is 0 Å². The second kappa shape index (κ2) is 4.44. The number of nitrogens with zero attached hydrogens (tertiary/aromatic N) is 1. The quantitative estimate of drug-likeness (QED) is 0.621. The Kier molecular flexibility index (Phi) is 3.56. The molecular weight excluding hydrogens is 222 g/mol. The van der Waals surface area contributed by atoms with E-state index in [1.807, 2.05) is 20.8 Å². The normalized spacial score (nSPS) is 22.9. The van der Waals surface area contributed by atoms with Gasteiger partial charge in [0.25, 0.3) is 5.91 Å². The molecule has 3 N–H and O–H groups in total. The Hall–Kier alpha value is -1.43. The zero-order valence-electron chi connectivity index (χ0n) is 10.6. The highest BCUT2D eigenvalue weighted by Crippen LogP contribution is 2.18. The predicted molar refractivity (Wildman–Crippen MR) is 61.8 cm³/mol. The maximum Gasteiger partial charge on any atom is 0.252 e. The smallest absolute Gasteiger partial charge is 0.252 e. The molecule has 0 aromatic heterocycles. The first-order chi connectivity index (χ1) is 7.64. The highest BCUT2D eigenvalue weighted by atomic mass is 16.2. The van der Waals surface area contributed by atoms with Crippen LogP contribution in [-0.2, 0) is 14.4 Å². The Morgan fingerprint density at radius 2 is 2.00 bits per heavy atom. The van der Waals surface area contributed by atoms with Gasteiger partial charge >= 0.3 is 0 Å². The maximum absolute atomic E-state index is 11.8. The van der Waals surface area contributed by atoms with Crippen LogP contribution in [0.5, 0.6) is 0 Å². The van der Waals surface area contributed by atoms with Crippen molar-refractivity contribution < 1.29 is 14.4 Å². The second-order valence-electron chi connectivity index (χ2n) is 5.40. The molecule has 0 saturated carbocycles. The molecule has 3 amide bonds. The van der Waals surface area contributed by atoms with Gasteiger partial charge in [0, 0.05) is 7.05 Å². The van der Waals surface area contributed by atoms with Gasteiger partial charge < -0.3 is 11.1 Å². The topological polar surface area (TPSA) is 92.5 Å². The lowest BCUT2D eigenvalue weighted by molar-refractivity contribution is -0.138. The lowest BCUT2D eigenvalue weighted by atomic mass is 9.87. The van der Waals surface area contributed by atoms with Crippen LogP contribution in [0.2, 0.25) is 0 Å². The number of amides is 3. The van der Waals surface area contributed by atoms with Gasteiger partial charge in [-0.2, -0.15) is 0 Å². The van der Waals surface area contributed by atoms with Crippen molar-refractivity contribution in [1.29, 1.82) is 0 Å². The largest absolute Gasteiger partial charge is 0.342 e. The van der Waals surface area contributed by atoms with Crippen molar-refractivity contribution >= 4 is 17.7 Å². The number of hydrogen-bond acceptors (Lipinski definition) is 4. The summed E-state index contributed by atoms with van der Waals surface area (Å²) in [5.74, 6) is -1.08. The lowest BCUT2D eigenvalue weighted by Crippen LogP contribution is -2.52. The van der Waals surface area contributed by atoms with E-state index in [-0.39, 0.29) is 23.7 Å². The third kappa shape index (κ3) is 2.82. The van der Waals surface area contributed by atoms with Crippen LogP contribution in [-0.4, -0.2) is 41.8 Å². The SMILES string of the molecule is CN1C(=O)CC(NC(=O)[C@H](N)C(C)(C)C)C1=O. The molecule has 1 fully saturated rings. The molecule has 0 bridgehead atoms. The third-order valence-electron chi connectivity index (χ3n) is 2.91. The van der Waals surface area contributed by atoms with Gasteiger partial charge in [0.05, 0.1) is 12.5 Å². The van der Waals surface area contributed by atoms with Crippen molar-refractivity contribution in [2.24, 2.45) is 11.1 Å². The van der Waals surface area contributed by atoms with Crippen LogP contribution in [0, 0.1) is 5.41 Å². The summed E-state index contributed by atoms with van der Waals surface area (Å²) in [6.07, 6.45) is 0.0118. The number of likely N-dealkylation sites (tertiary alicyclic amines) is 1. The number of nitrogens with two attached hydrogens (primary N) is 1. The summed E-state index contributed by atoms with van der Waals surface area (Å²) in [6.45, 7) is 5.51. The number of imide groups is 1. The number of carbonyl (C=O) groups is 3. The van der Waals surface area contributed by atoms with E-state index in [0.29, 0.717) is 0 Å². The Morgan fingerprint density at radius 1 is 1.47 bits per heavy atom. The highest BCUT2D eigenvalue weighted by molar-refractivity contribution is 6.06. The fraction of sp³-hybridized carbons (Fsp3) is 0.727. The van der Waals surface area contributed by atoms with Gasteiger partial charge in [-0.05, 0) is 5.41 Å². The van der Waals surface area contributed by atoms with E-state index in [0.717, 1.165) is 4.90 Å². The maximum atomic E-state index is 11.8. The minimum Gasteiger partial charge on any atom is -0.342 e. The number of carbonyl (C=O) groups excluding carboxylic acids is 3. The van der Waals surface area contributed by atoms with Crippen molar-refractivity contribution in [3.63, 3.8) is 0 Å². The molecule has 1 aliphatic rings. The summed E-state index contributed by atoms with van der Waals surface area (Å²) in [5.41, 5.74) is 5.38. The van der Waals surface area contributed by atoms with E-state index in [9.17, 15) is 14.4 Å². The van der Waals surface area contributed by atoms with Gasteiger partial charge in [0.15, 0.2) is 0 Å². The van der Waals surface area contributed by atoms with Crippen LogP contribution in [0.1, 0.15) is 27.2 Å². The van der Waals surface area contributed by atoms with Crippen molar-refractivity contribution in [1.82, 2.24) is 10.2 Å². The van der Waals surface area contributed by atoms with Gasteiger partial charge in [-0.25, -0.2) is 0 Å². The molecule has 6 heteroatoms. The van der Waals surface area contributed by atoms with E-state index >= 15 is 0 Å². The zero-order chi connectivity index (χ0) is 13.4. The molecule has 1 rings (SSSR count). The monoisotopic (exact) mass is 241 g/mol. The molecule has 2 atom stereocenters. The first-order valence-electron chi connectivity index (χ1n) is 5.51. The molecule has 1 aliphatic heterocycles. The summed E-state index contributed by atoms with van der Waals surface area (Å²) in [5, 5.41) is 2.52. The number of likely N-dealkylation sites (N-methyl/N-ethyl adjacent to an activating group) is 1. The second-order valence-corrected chi connectivity index (χ2v) is 5.40. The Labute approximate surface area is 101 Å². The molecule has 17 heavy (non-hydrogen) atoms. The summed E-state index contributed by atoms with van der Waals surface area (Å²) < 4.78 is 0. The Bertz CT molecular complexity index is 359. The predicted octanol–water partition coefficient (Wildman–Crippen LogP) is -0.767. The van der Waals surface area contributed by atoms with E-state index in [2.05, 4.69) is 5.32 Å². The average molecular weight is 241 g/mol. The summed E-state index contributed by atoms with van der Waals surface area (Å²) >= 11 is 0. The highest BCUT2D eigenvalue weighted by Gasteiger charge is 2.38. The average Bonchev–Trinajstić information content (AvgIpc) is 2.44. The molecule has 1 saturated heterocycles. The molecule has 6 nitrogen and oxygen atoms in total. The molecule has 0 radical (unpaired) electrons. The molecule has 0 aliphatic carbocycles. The summed E-state index contributed by atoms with van der Waals surface area (Å²) in [6, 6.07) is -1.48. The van der Waals surface area contributed by atoms with E-state index in [1.165, 1.54) is 7.05 Å². The Morgan fingerprint density at radius 3 is 2.35 bits per heavy atom. The lowest BCUT2D eigenvalue weighted by Gasteiger charge is -2.26. The molecule has 0 spiro atoms. The van der Waals surface area contributed by atoms with E-state index < -0.39 is 18.0 Å². The van der Waals surface area contributed by atoms with Crippen molar-refractivity contribution in [2.45, 2.75) is 39.3 Å². The minimum atomic E-state index is -0.770.